The average molecular weight is 824 g/mol. The number of ether oxygens (including phenoxy) is 5. The molecule has 0 saturated carbocycles. The fourth-order valence-corrected chi connectivity index (χ4v) is 10.6. The summed E-state index contributed by atoms with van der Waals surface area (Å²) >= 11 is 0. The highest BCUT2D eigenvalue weighted by atomic mass is 19.1. The minimum absolute atomic E-state index is 0.0260. The van der Waals surface area contributed by atoms with Crippen LogP contribution >= 0.6 is 0 Å². The number of rotatable bonds is 8. The van der Waals surface area contributed by atoms with E-state index < -0.39 is 88.4 Å². The number of para-hydroxylation sites is 1. The number of ketones is 2. The van der Waals surface area contributed by atoms with Gasteiger partial charge in [0.25, 0.3) is 5.67 Å². The number of benzene rings is 1. The number of hydrogen-bond acceptors (Lipinski definition) is 13. The van der Waals surface area contributed by atoms with Crippen LogP contribution in [0.2, 0.25) is 0 Å². The van der Waals surface area contributed by atoms with Crippen LogP contribution in [0.5, 0.6) is 0 Å². The highest BCUT2D eigenvalue weighted by Crippen LogP contribution is 2.55. The zero-order valence-corrected chi connectivity index (χ0v) is 36.3. The molecule has 4 aliphatic heterocycles. The molecule has 0 radical (unpaired) electrons. The number of nitrogens with zero attached hydrogens (tertiary/aromatic N) is 3. The van der Waals surface area contributed by atoms with E-state index in [1.54, 1.807) is 58.8 Å². The SMILES string of the molecule is CC[C@H]1OC(=O)[C@](C)(F)C(=O)[C@H](C)[C@@H](O[C@@H]2O[C@H](C)C[C@H](N(C)C)[C@H]2O)[C@@](C)(OC/C=C/c2cnc3ccccc3c2)C[C@@H](C)C(=O)[C@]2(C)CN(C)[C@H]3C(=O)O[C@@]1(C)[C@H]32. The van der Waals surface area contributed by atoms with Crippen molar-refractivity contribution in [3.63, 3.8) is 0 Å². The van der Waals surface area contributed by atoms with E-state index in [2.05, 4.69) is 4.98 Å². The molecule has 1 N–H and O–H groups in total. The van der Waals surface area contributed by atoms with Gasteiger partial charge in [-0.1, -0.05) is 58.0 Å². The minimum Gasteiger partial charge on any atom is -0.455 e. The molecule has 59 heavy (non-hydrogen) atoms. The molecule has 5 heterocycles. The Morgan fingerprint density at radius 2 is 1.76 bits per heavy atom. The summed E-state index contributed by atoms with van der Waals surface area (Å²) in [6.07, 6.45) is 0.563. The Morgan fingerprint density at radius 3 is 2.44 bits per heavy atom. The fraction of sp³-hybridized carbons (Fsp3) is 0.667. The maximum Gasteiger partial charge on any atom is 0.351 e. The third-order valence-electron chi connectivity index (χ3n) is 13.5. The van der Waals surface area contributed by atoms with E-state index in [9.17, 15) is 19.5 Å². The van der Waals surface area contributed by atoms with Gasteiger partial charge in [0.1, 0.15) is 24.0 Å². The van der Waals surface area contributed by atoms with Gasteiger partial charge in [0.2, 0.25) is 0 Å². The monoisotopic (exact) mass is 823 g/mol. The maximum absolute atomic E-state index is 17.1. The second-order valence-corrected chi connectivity index (χ2v) is 18.4. The molecule has 2 aromatic rings. The normalized spacial score (nSPS) is 41.3. The van der Waals surface area contributed by atoms with Crippen LogP contribution in [0, 0.1) is 23.2 Å². The van der Waals surface area contributed by atoms with Crippen molar-refractivity contribution in [2.24, 2.45) is 23.2 Å². The van der Waals surface area contributed by atoms with E-state index in [0.29, 0.717) is 6.42 Å². The predicted molar refractivity (Wildman–Crippen MR) is 218 cm³/mol. The predicted octanol–water partition coefficient (Wildman–Crippen LogP) is 4.95. The summed E-state index contributed by atoms with van der Waals surface area (Å²) in [7, 11) is 5.41. The second kappa shape index (κ2) is 16.7. The third-order valence-corrected chi connectivity index (χ3v) is 13.5. The van der Waals surface area contributed by atoms with Crippen molar-refractivity contribution in [2.45, 2.75) is 134 Å². The van der Waals surface area contributed by atoms with Crippen LogP contribution in [0.3, 0.4) is 0 Å². The Labute approximate surface area is 346 Å². The van der Waals surface area contributed by atoms with Crippen LogP contribution < -0.4 is 0 Å². The molecule has 324 valence electrons. The zero-order chi connectivity index (χ0) is 43.4. The number of carbonyl (C=O) groups is 4. The number of esters is 2. The summed E-state index contributed by atoms with van der Waals surface area (Å²) in [5.41, 5.74) is -5.79. The van der Waals surface area contributed by atoms with Gasteiger partial charge in [-0.25, -0.2) is 9.18 Å². The van der Waals surface area contributed by atoms with E-state index >= 15 is 9.18 Å². The van der Waals surface area contributed by atoms with Gasteiger partial charge in [0.05, 0.1) is 29.9 Å². The number of hydrogen-bond donors (Lipinski definition) is 1. The van der Waals surface area contributed by atoms with Gasteiger partial charge in [-0.05, 0) is 85.8 Å². The van der Waals surface area contributed by atoms with E-state index in [1.165, 1.54) is 6.92 Å². The molecule has 0 amide bonds. The molecule has 14 heteroatoms. The standard InChI is InChI=1S/C45H62FN3O10/c1-12-32-45(8)35-33(39(53)59-45)49(11)24-42(35,5)36(51)25(2)22-43(6,55-19-15-16-28-21-29-17-13-14-18-30(29)47-23-28)38(27(4)37(52)44(7,46)41(54)57-32)58-40-34(50)31(48(9)10)20-26(3)56-40/h13-18,21,23,25-27,31-35,38,40,50H,12,19-20,22,24H2,1-11H3/b16-15+/t25-,26-,27+,31+,32-,33-,34-,35-,38-,40+,42-,43+,44-,45-/m1/s1. The van der Waals surface area contributed by atoms with Crippen molar-refractivity contribution in [1.29, 1.82) is 0 Å². The first kappa shape index (κ1) is 44.9. The topological polar surface area (TPSA) is 154 Å². The summed E-state index contributed by atoms with van der Waals surface area (Å²) in [6.45, 7) is 13.0. The van der Waals surface area contributed by atoms with Crippen molar-refractivity contribution in [2.75, 3.05) is 34.3 Å². The van der Waals surface area contributed by atoms with Gasteiger partial charge in [-0.2, -0.15) is 0 Å². The molecular formula is C45H62FN3O10. The molecule has 0 spiro atoms. The van der Waals surface area contributed by atoms with E-state index in [4.69, 9.17) is 23.7 Å². The van der Waals surface area contributed by atoms with Crippen LogP contribution in [-0.2, 0) is 42.9 Å². The molecule has 4 saturated heterocycles. The third kappa shape index (κ3) is 8.13. The van der Waals surface area contributed by atoms with Gasteiger partial charge >= 0.3 is 11.9 Å². The highest BCUT2D eigenvalue weighted by molar-refractivity contribution is 6.08. The Hall–Kier alpha value is -3.66. The number of aliphatic hydroxyl groups is 1. The van der Waals surface area contributed by atoms with Crippen LogP contribution in [0.15, 0.2) is 42.6 Å². The molecule has 0 bridgehead atoms. The lowest BCUT2D eigenvalue weighted by atomic mass is 9.62. The first-order valence-corrected chi connectivity index (χ1v) is 20.8. The number of cyclic esters (lactones) is 1. The van der Waals surface area contributed by atoms with Crippen LogP contribution in [-0.4, -0.2) is 137 Å². The Bertz CT molecular complexity index is 1960. The Kier molecular flexibility index (Phi) is 12.7. The van der Waals surface area contributed by atoms with Crippen molar-refractivity contribution in [3.05, 3.63) is 48.2 Å². The molecule has 13 nitrogen and oxygen atoms in total. The molecule has 0 aliphatic carbocycles. The highest BCUT2D eigenvalue weighted by Gasteiger charge is 2.71. The maximum atomic E-state index is 17.1. The number of likely N-dealkylation sites (tertiary alicyclic amines) is 1. The smallest absolute Gasteiger partial charge is 0.351 e. The molecule has 1 aromatic carbocycles. The minimum atomic E-state index is -3.19. The number of aliphatic hydroxyl groups excluding tert-OH is 1. The number of aromatic nitrogens is 1. The first-order chi connectivity index (χ1) is 27.6. The zero-order valence-electron chi connectivity index (χ0n) is 36.3. The number of fused-ring (bicyclic) bond motifs is 1. The van der Waals surface area contributed by atoms with Crippen LogP contribution in [0.1, 0.15) is 80.2 Å². The van der Waals surface area contributed by atoms with Crippen LogP contribution in [0.4, 0.5) is 4.39 Å². The van der Waals surface area contributed by atoms with Gasteiger partial charge in [-0.15, -0.1) is 0 Å². The number of Topliss-reactive ketones (excluding diaryl/α,β-unsaturated/α-hetero) is 2. The molecule has 4 fully saturated rings. The number of likely N-dealkylation sites (N-methyl/N-ethyl adjacent to an activating group) is 2. The Balaban J connectivity index is 1.45. The molecule has 0 unspecified atom stereocenters. The van der Waals surface area contributed by atoms with Crippen molar-refractivity contribution >= 4 is 40.5 Å². The van der Waals surface area contributed by atoms with E-state index in [0.717, 1.165) is 23.4 Å². The molecule has 4 aliphatic rings. The number of halogens is 1. The van der Waals surface area contributed by atoms with Crippen molar-refractivity contribution < 1.29 is 52.4 Å². The molecule has 14 atom stereocenters. The van der Waals surface area contributed by atoms with E-state index in [-0.39, 0.29) is 43.9 Å². The van der Waals surface area contributed by atoms with Gasteiger partial charge in [-0.3, -0.25) is 24.3 Å². The summed E-state index contributed by atoms with van der Waals surface area (Å²) in [4.78, 5) is 65.4. The van der Waals surface area contributed by atoms with E-state index in [1.807, 2.05) is 62.3 Å². The average Bonchev–Trinajstić information content (AvgIpc) is 3.64. The second-order valence-electron chi connectivity index (χ2n) is 18.4. The number of pyridine rings is 1. The quantitative estimate of drug-likeness (QED) is 0.283. The fourth-order valence-electron chi connectivity index (χ4n) is 10.6. The lowest BCUT2D eigenvalue weighted by molar-refractivity contribution is -0.297. The van der Waals surface area contributed by atoms with Crippen LogP contribution in [0.25, 0.3) is 17.0 Å². The summed E-state index contributed by atoms with van der Waals surface area (Å²) < 4.78 is 48.6. The van der Waals surface area contributed by atoms with Gasteiger partial charge in [0.15, 0.2) is 17.7 Å². The Morgan fingerprint density at radius 1 is 1.07 bits per heavy atom. The first-order valence-electron chi connectivity index (χ1n) is 20.8. The van der Waals surface area contributed by atoms with Gasteiger partial charge < -0.3 is 33.7 Å². The summed E-state index contributed by atoms with van der Waals surface area (Å²) in [6, 6.07) is 8.51. The lowest BCUT2D eigenvalue weighted by Gasteiger charge is -2.48. The largest absolute Gasteiger partial charge is 0.455 e. The molecule has 6 rings (SSSR count). The summed E-state index contributed by atoms with van der Waals surface area (Å²) in [5, 5.41) is 12.6. The lowest BCUT2D eigenvalue weighted by Crippen LogP contribution is -2.61. The molecular weight excluding hydrogens is 762 g/mol. The van der Waals surface area contributed by atoms with Gasteiger partial charge in [0, 0.05) is 47.3 Å². The number of carbonyl (C=O) groups excluding carboxylic acids is 4. The summed E-state index contributed by atoms with van der Waals surface area (Å²) in [5.74, 6) is -6.31. The number of alkyl halides is 1. The van der Waals surface area contributed by atoms with Crippen molar-refractivity contribution in [1.82, 2.24) is 14.8 Å². The molecule has 1 aromatic heterocycles. The van der Waals surface area contributed by atoms with Crippen molar-refractivity contribution in [3.8, 4) is 0 Å².